The van der Waals surface area contributed by atoms with Gasteiger partial charge in [-0.25, -0.2) is 5.84 Å². The van der Waals surface area contributed by atoms with Gasteiger partial charge in [0.15, 0.2) is 5.76 Å². The molecule has 6 heteroatoms. The summed E-state index contributed by atoms with van der Waals surface area (Å²) in [6.45, 7) is 7.99. The van der Waals surface area contributed by atoms with E-state index in [1.54, 1.807) is 0 Å². The first-order chi connectivity index (χ1) is 10.2. The van der Waals surface area contributed by atoms with Crippen LogP contribution < -0.4 is 16.6 Å². The number of piperidine rings is 1. The summed E-state index contributed by atoms with van der Waals surface area (Å²) in [4.78, 5) is 14.1. The van der Waals surface area contributed by atoms with Gasteiger partial charge in [-0.15, -0.1) is 0 Å². The lowest BCUT2D eigenvalue weighted by atomic mass is 10.0. The topological polar surface area (TPSA) is 83.5 Å². The smallest absolute Gasteiger partial charge is 0.301 e. The Morgan fingerprint density at radius 3 is 2.86 bits per heavy atom. The molecule has 2 rings (SSSR count). The van der Waals surface area contributed by atoms with Crippen molar-refractivity contribution < 1.29 is 9.21 Å². The molecular weight excluding hydrogens is 268 g/mol. The number of nitrogens with one attached hydrogen (secondary N) is 2. The predicted molar refractivity (Wildman–Crippen MR) is 81.7 cm³/mol. The summed E-state index contributed by atoms with van der Waals surface area (Å²) in [5, 5.41) is 3.39. The molecule has 2 heterocycles. The van der Waals surface area contributed by atoms with Crippen LogP contribution in [0.5, 0.6) is 0 Å². The molecule has 1 aliphatic rings. The zero-order chi connectivity index (χ0) is 15.2. The second-order valence-corrected chi connectivity index (χ2v) is 5.65. The number of hydrogen-bond acceptors (Lipinski definition) is 5. The summed E-state index contributed by atoms with van der Waals surface area (Å²) < 4.78 is 5.69. The number of rotatable bonds is 6. The first-order valence-electron chi connectivity index (χ1n) is 7.70. The van der Waals surface area contributed by atoms with Crippen molar-refractivity contribution in [1.29, 1.82) is 0 Å². The van der Waals surface area contributed by atoms with Gasteiger partial charge in [0.05, 0.1) is 6.54 Å². The third-order valence-corrected chi connectivity index (χ3v) is 4.00. The highest BCUT2D eigenvalue weighted by Gasteiger charge is 2.22. The van der Waals surface area contributed by atoms with Crippen LogP contribution in [0, 0.1) is 6.92 Å². The Balaban J connectivity index is 2.07. The van der Waals surface area contributed by atoms with Crippen LogP contribution in [-0.2, 0) is 6.54 Å². The van der Waals surface area contributed by atoms with Crippen LogP contribution in [-0.4, -0.2) is 36.5 Å². The molecule has 0 atom stereocenters. The van der Waals surface area contributed by atoms with Gasteiger partial charge in [0, 0.05) is 11.6 Å². The highest BCUT2D eigenvalue weighted by Crippen LogP contribution is 2.20. The van der Waals surface area contributed by atoms with Gasteiger partial charge in [0.2, 0.25) is 0 Å². The third-order valence-electron chi connectivity index (χ3n) is 4.00. The lowest BCUT2D eigenvalue weighted by molar-refractivity contribution is 0.0917. The van der Waals surface area contributed by atoms with E-state index in [1.165, 1.54) is 0 Å². The molecule has 118 valence electrons. The SMILES string of the molecule is CCCN(Cc1cc(C)c(C(=O)NN)o1)C1CCNCC1. The van der Waals surface area contributed by atoms with Gasteiger partial charge in [0.25, 0.3) is 0 Å². The maximum atomic E-state index is 11.6. The molecule has 21 heavy (non-hydrogen) atoms. The van der Waals surface area contributed by atoms with Crippen molar-refractivity contribution in [1.82, 2.24) is 15.6 Å². The molecule has 1 aromatic heterocycles. The van der Waals surface area contributed by atoms with Crippen molar-refractivity contribution >= 4 is 5.91 Å². The third kappa shape index (κ3) is 4.06. The second-order valence-electron chi connectivity index (χ2n) is 5.65. The highest BCUT2D eigenvalue weighted by atomic mass is 16.4. The van der Waals surface area contributed by atoms with Crippen LogP contribution in [0.25, 0.3) is 0 Å². The molecule has 4 N–H and O–H groups in total. The molecule has 0 bridgehead atoms. The van der Waals surface area contributed by atoms with Crippen LogP contribution in [0.4, 0.5) is 0 Å². The normalized spacial score (nSPS) is 16.4. The zero-order valence-corrected chi connectivity index (χ0v) is 12.9. The number of carbonyl (C=O) groups is 1. The number of hydrazine groups is 1. The van der Waals surface area contributed by atoms with Crippen molar-refractivity contribution in [3.05, 3.63) is 23.2 Å². The predicted octanol–water partition coefficient (Wildman–Crippen LogP) is 1.16. The van der Waals surface area contributed by atoms with E-state index in [-0.39, 0.29) is 5.91 Å². The molecule has 1 amide bonds. The molecule has 1 fully saturated rings. The fraction of sp³-hybridized carbons (Fsp3) is 0.667. The van der Waals surface area contributed by atoms with Crippen LogP contribution >= 0.6 is 0 Å². The fourth-order valence-electron chi connectivity index (χ4n) is 2.97. The van der Waals surface area contributed by atoms with Crippen LogP contribution in [0.15, 0.2) is 10.5 Å². The van der Waals surface area contributed by atoms with Gasteiger partial charge < -0.3 is 9.73 Å². The summed E-state index contributed by atoms with van der Waals surface area (Å²) >= 11 is 0. The van der Waals surface area contributed by atoms with Gasteiger partial charge in [-0.1, -0.05) is 6.92 Å². The van der Waals surface area contributed by atoms with Crippen molar-refractivity contribution in [2.24, 2.45) is 5.84 Å². The molecular formula is C15H26N4O2. The van der Waals surface area contributed by atoms with Crippen LogP contribution in [0.3, 0.4) is 0 Å². The molecule has 0 aliphatic carbocycles. The van der Waals surface area contributed by atoms with Crippen molar-refractivity contribution in [3.63, 3.8) is 0 Å². The molecule has 1 aliphatic heterocycles. The summed E-state index contributed by atoms with van der Waals surface area (Å²) in [6, 6.07) is 2.53. The molecule has 0 aromatic carbocycles. The van der Waals surface area contributed by atoms with Crippen LogP contribution in [0.2, 0.25) is 0 Å². The summed E-state index contributed by atoms with van der Waals surface area (Å²) in [7, 11) is 0. The Hall–Kier alpha value is -1.37. The Bertz CT molecular complexity index is 466. The van der Waals surface area contributed by atoms with Gasteiger partial charge in [-0.3, -0.25) is 15.1 Å². The van der Waals surface area contributed by atoms with E-state index in [0.29, 0.717) is 11.8 Å². The first-order valence-corrected chi connectivity index (χ1v) is 7.70. The summed E-state index contributed by atoms with van der Waals surface area (Å²) in [5.41, 5.74) is 2.95. The second kappa shape index (κ2) is 7.59. The Kier molecular flexibility index (Phi) is 5.78. The molecule has 0 spiro atoms. The largest absolute Gasteiger partial charge is 0.454 e. The molecule has 0 saturated carbocycles. The average molecular weight is 294 g/mol. The highest BCUT2D eigenvalue weighted by molar-refractivity contribution is 5.92. The molecule has 1 saturated heterocycles. The Labute approximate surface area is 126 Å². The molecule has 1 aromatic rings. The number of nitrogens with zero attached hydrogens (tertiary/aromatic N) is 1. The van der Waals surface area contributed by atoms with Crippen molar-refractivity contribution in [2.75, 3.05) is 19.6 Å². The maximum absolute atomic E-state index is 11.6. The maximum Gasteiger partial charge on any atom is 0.301 e. The average Bonchev–Trinajstić information content (AvgIpc) is 2.87. The summed E-state index contributed by atoms with van der Waals surface area (Å²) in [6.07, 6.45) is 3.44. The molecule has 6 nitrogen and oxygen atoms in total. The lowest BCUT2D eigenvalue weighted by Gasteiger charge is -2.33. The number of hydrogen-bond donors (Lipinski definition) is 3. The first kappa shape index (κ1) is 16.0. The van der Waals surface area contributed by atoms with Gasteiger partial charge in [-0.05, 0) is 51.9 Å². The van der Waals surface area contributed by atoms with Gasteiger partial charge in [-0.2, -0.15) is 0 Å². The van der Waals surface area contributed by atoms with E-state index < -0.39 is 0 Å². The minimum Gasteiger partial charge on any atom is -0.454 e. The van der Waals surface area contributed by atoms with Crippen LogP contribution in [0.1, 0.15) is 48.1 Å². The molecule has 0 unspecified atom stereocenters. The zero-order valence-electron chi connectivity index (χ0n) is 12.9. The number of nitrogen functional groups attached to an aromatic ring is 1. The van der Waals surface area contributed by atoms with E-state index in [4.69, 9.17) is 10.3 Å². The number of furan rings is 1. The lowest BCUT2D eigenvalue weighted by Crippen LogP contribution is -2.43. The van der Waals surface area contributed by atoms with Crippen molar-refractivity contribution in [2.45, 2.75) is 45.7 Å². The Morgan fingerprint density at radius 2 is 2.24 bits per heavy atom. The monoisotopic (exact) mass is 294 g/mol. The van der Waals surface area contributed by atoms with E-state index in [9.17, 15) is 4.79 Å². The number of aryl methyl sites for hydroxylation is 1. The minimum atomic E-state index is -0.373. The number of carbonyl (C=O) groups excluding carboxylic acids is 1. The van der Waals surface area contributed by atoms with Gasteiger partial charge >= 0.3 is 5.91 Å². The standard InChI is InChI=1S/C15H26N4O2/c1-3-8-19(12-4-6-17-7-5-12)10-13-9-11(2)14(21-13)15(20)18-16/h9,12,17H,3-8,10,16H2,1-2H3,(H,18,20). The number of amides is 1. The van der Waals surface area contributed by atoms with E-state index in [1.807, 2.05) is 13.0 Å². The quantitative estimate of drug-likeness (QED) is 0.416. The number of nitrogens with two attached hydrogens (primary N) is 1. The fourth-order valence-corrected chi connectivity index (χ4v) is 2.97. The molecule has 0 radical (unpaired) electrons. The van der Waals surface area contributed by atoms with Crippen molar-refractivity contribution in [3.8, 4) is 0 Å². The van der Waals surface area contributed by atoms with E-state index in [0.717, 1.165) is 56.8 Å². The van der Waals surface area contributed by atoms with E-state index in [2.05, 4.69) is 22.6 Å². The minimum absolute atomic E-state index is 0.314. The van der Waals surface area contributed by atoms with E-state index >= 15 is 0 Å². The van der Waals surface area contributed by atoms with Gasteiger partial charge in [0.1, 0.15) is 5.76 Å². The Morgan fingerprint density at radius 1 is 1.52 bits per heavy atom. The summed E-state index contributed by atoms with van der Waals surface area (Å²) in [5.74, 6) is 5.94.